The molecule has 0 bridgehead atoms. The van der Waals surface area contributed by atoms with E-state index in [-0.39, 0.29) is 6.61 Å². The number of nitrogens with zero attached hydrogens (tertiary/aromatic N) is 1. The van der Waals surface area contributed by atoms with Gasteiger partial charge in [-0.1, -0.05) is 0 Å². The van der Waals surface area contributed by atoms with Crippen LogP contribution in [0.1, 0.15) is 0 Å². The molecule has 1 amide bonds. The highest BCUT2D eigenvalue weighted by Gasteiger charge is 2.50. The molecular weight excluding hydrogens is 229 g/mol. The number of hydrogen-bond donors (Lipinski definition) is 2. The van der Waals surface area contributed by atoms with Gasteiger partial charge in [-0.25, -0.2) is 9.36 Å². The quantitative estimate of drug-likeness (QED) is 0.640. The van der Waals surface area contributed by atoms with Crippen LogP contribution in [0.2, 0.25) is 0 Å². The lowest BCUT2D eigenvalue weighted by Crippen LogP contribution is -2.49. The SMILES string of the molecule is COP(=O)(O)OC1(CO)COC(=O)N1C. The number of carbonyl (C=O) groups is 1. The van der Waals surface area contributed by atoms with Crippen molar-refractivity contribution in [1.82, 2.24) is 4.90 Å². The highest BCUT2D eigenvalue weighted by atomic mass is 31.2. The van der Waals surface area contributed by atoms with E-state index in [1.807, 2.05) is 0 Å². The molecule has 8 nitrogen and oxygen atoms in total. The fourth-order valence-electron chi connectivity index (χ4n) is 1.05. The maximum absolute atomic E-state index is 11.2. The van der Waals surface area contributed by atoms with E-state index in [0.717, 1.165) is 12.0 Å². The summed E-state index contributed by atoms with van der Waals surface area (Å²) in [5.41, 5.74) is -1.67. The molecule has 0 aromatic rings. The molecule has 0 aliphatic carbocycles. The summed E-state index contributed by atoms with van der Waals surface area (Å²) in [7, 11) is -2.05. The number of hydrogen-bond acceptors (Lipinski definition) is 6. The van der Waals surface area contributed by atoms with E-state index in [1.165, 1.54) is 7.05 Å². The van der Waals surface area contributed by atoms with Gasteiger partial charge in [-0.15, -0.1) is 0 Å². The molecule has 0 radical (unpaired) electrons. The molecule has 1 rings (SSSR count). The number of aliphatic hydroxyl groups excluding tert-OH is 1. The van der Waals surface area contributed by atoms with E-state index in [0.29, 0.717) is 0 Å². The average Bonchev–Trinajstić information content (AvgIpc) is 2.47. The van der Waals surface area contributed by atoms with Crippen LogP contribution >= 0.6 is 7.82 Å². The van der Waals surface area contributed by atoms with Gasteiger partial charge >= 0.3 is 13.9 Å². The van der Waals surface area contributed by atoms with Crippen LogP contribution in [0.4, 0.5) is 4.79 Å². The van der Waals surface area contributed by atoms with Gasteiger partial charge in [0.15, 0.2) is 0 Å². The van der Waals surface area contributed by atoms with Crippen molar-refractivity contribution >= 4 is 13.9 Å². The number of cyclic esters (lactones) is 1. The van der Waals surface area contributed by atoms with Crippen molar-refractivity contribution < 1.29 is 33.1 Å². The Morgan fingerprint density at radius 2 is 2.33 bits per heavy atom. The molecule has 1 fully saturated rings. The third kappa shape index (κ3) is 2.30. The lowest BCUT2D eigenvalue weighted by Gasteiger charge is -2.31. The predicted molar refractivity (Wildman–Crippen MR) is 46.8 cm³/mol. The van der Waals surface area contributed by atoms with Gasteiger partial charge in [0.2, 0.25) is 5.72 Å². The standard InChI is InChI=1S/C6H12NO7P/c1-7-5(9)13-4-6(7,3-8)14-15(10,11)12-2/h8H,3-4H2,1-2H3,(H,10,11). The summed E-state index contributed by atoms with van der Waals surface area (Å²) in [5, 5.41) is 9.08. The normalized spacial score (nSPS) is 30.1. The van der Waals surface area contributed by atoms with E-state index in [9.17, 15) is 9.36 Å². The number of phosphoric acid groups is 1. The first-order valence-electron chi connectivity index (χ1n) is 3.97. The molecular formula is C6H12NO7P. The molecule has 0 saturated carbocycles. The number of aliphatic hydroxyl groups is 1. The van der Waals surface area contributed by atoms with Crippen LogP contribution in [-0.4, -0.2) is 54.1 Å². The highest BCUT2D eigenvalue weighted by molar-refractivity contribution is 7.47. The summed E-state index contributed by atoms with van der Waals surface area (Å²) in [4.78, 5) is 21.0. The Kier molecular flexibility index (Phi) is 3.37. The first-order chi connectivity index (χ1) is 6.87. The maximum atomic E-state index is 11.2. The summed E-state index contributed by atoms with van der Waals surface area (Å²) >= 11 is 0. The molecule has 15 heavy (non-hydrogen) atoms. The third-order valence-corrected chi connectivity index (χ3v) is 3.10. The minimum atomic E-state index is -4.30. The van der Waals surface area contributed by atoms with Crippen LogP contribution in [-0.2, 0) is 18.3 Å². The van der Waals surface area contributed by atoms with Gasteiger partial charge in [0.1, 0.15) is 6.61 Å². The van der Waals surface area contributed by atoms with Crippen LogP contribution < -0.4 is 0 Å². The Morgan fingerprint density at radius 3 is 2.67 bits per heavy atom. The van der Waals surface area contributed by atoms with Crippen LogP contribution in [0, 0.1) is 0 Å². The van der Waals surface area contributed by atoms with Gasteiger partial charge in [-0.05, 0) is 0 Å². The molecule has 1 aliphatic rings. The van der Waals surface area contributed by atoms with E-state index in [4.69, 9.17) is 10.00 Å². The van der Waals surface area contributed by atoms with Gasteiger partial charge in [0.25, 0.3) is 0 Å². The van der Waals surface area contributed by atoms with Crippen molar-refractivity contribution in [2.75, 3.05) is 27.4 Å². The third-order valence-electron chi connectivity index (χ3n) is 2.07. The summed E-state index contributed by atoms with van der Waals surface area (Å²) in [6.07, 6.45) is -0.750. The van der Waals surface area contributed by atoms with Gasteiger partial charge in [-0.2, -0.15) is 0 Å². The highest BCUT2D eigenvalue weighted by Crippen LogP contribution is 2.48. The number of rotatable bonds is 4. The van der Waals surface area contributed by atoms with Crippen molar-refractivity contribution in [3.8, 4) is 0 Å². The summed E-state index contributed by atoms with van der Waals surface area (Å²) < 4.78 is 24.6. The number of ether oxygens (including phenoxy) is 1. The second kappa shape index (κ2) is 4.07. The van der Waals surface area contributed by atoms with Crippen LogP contribution in [0.25, 0.3) is 0 Å². The fourth-order valence-corrected chi connectivity index (χ4v) is 1.79. The van der Waals surface area contributed by atoms with Crippen molar-refractivity contribution in [3.63, 3.8) is 0 Å². The first kappa shape index (κ1) is 12.4. The van der Waals surface area contributed by atoms with Gasteiger partial charge in [-0.3, -0.25) is 13.9 Å². The average molecular weight is 241 g/mol. The van der Waals surface area contributed by atoms with Crippen molar-refractivity contribution in [1.29, 1.82) is 0 Å². The van der Waals surface area contributed by atoms with E-state index in [2.05, 4.69) is 13.8 Å². The van der Waals surface area contributed by atoms with E-state index in [1.54, 1.807) is 0 Å². The Hall–Kier alpha value is -0.660. The lowest BCUT2D eigenvalue weighted by molar-refractivity contribution is -0.0846. The number of phosphoric ester groups is 1. The molecule has 9 heteroatoms. The second-order valence-corrected chi connectivity index (χ2v) is 4.45. The molecule has 0 spiro atoms. The maximum Gasteiger partial charge on any atom is 0.474 e. The van der Waals surface area contributed by atoms with Gasteiger partial charge in [0, 0.05) is 14.2 Å². The Balaban J connectivity index is 2.88. The molecule has 1 saturated heterocycles. The Bertz CT molecular complexity index is 308. The minimum absolute atomic E-state index is 0.341. The first-order valence-corrected chi connectivity index (χ1v) is 5.47. The molecule has 2 atom stereocenters. The fraction of sp³-hybridized carbons (Fsp3) is 0.833. The van der Waals surface area contributed by atoms with E-state index < -0.39 is 26.2 Å². The molecule has 2 N–H and O–H groups in total. The smallest absolute Gasteiger partial charge is 0.444 e. The van der Waals surface area contributed by atoms with Crippen LogP contribution in [0.15, 0.2) is 0 Å². The molecule has 2 unspecified atom stereocenters. The van der Waals surface area contributed by atoms with Crippen LogP contribution in [0.3, 0.4) is 0 Å². The molecule has 0 aromatic heterocycles. The monoisotopic (exact) mass is 241 g/mol. The van der Waals surface area contributed by atoms with Gasteiger partial charge < -0.3 is 14.7 Å². The van der Waals surface area contributed by atoms with Crippen molar-refractivity contribution in [3.05, 3.63) is 0 Å². The van der Waals surface area contributed by atoms with Crippen LogP contribution in [0.5, 0.6) is 0 Å². The Labute approximate surface area is 86.0 Å². The second-order valence-electron chi connectivity index (χ2n) is 2.96. The number of likely N-dealkylation sites (N-methyl/N-ethyl adjacent to an activating group) is 1. The zero-order valence-corrected chi connectivity index (χ0v) is 9.14. The zero-order chi connectivity index (χ0) is 11.7. The Morgan fingerprint density at radius 1 is 1.73 bits per heavy atom. The van der Waals surface area contributed by atoms with Crippen molar-refractivity contribution in [2.24, 2.45) is 0 Å². The molecule has 1 aliphatic heterocycles. The zero-order valence-electron chi connectivity index (χ0n) is 8.24. The molecule has 0 aromatic carbocycles. The minimum Gasteiger partial charge on any atom is -0.444 e. The lowest BCUT2D eigenvalue weighted by atomic mass is 10.2. The number of amides is 1. The largest absolute Gasteiger partial charge is 0.474 e. The van der Waals surface area contributed by atoms with E-state index >= 15 is 0 Å². The summed E-state index contributed by atoms with van der Waals surface area (Å²) in [5.74, 6) is 0. The number of carbonyl (C=O) groups excluding carboxylic acids is 1. The van der Waals surface area contributed by atoms with Crippen molar-refractivity contribution in [2.45, 2.75) is 5.72 Å². The molecule has 1 heterocycles. The molecule has 88 valence electrons. The summed E-state index contributed by atoms with van der Waals surface area (Å²) in [6.45, 7) is -1.02. The van der Waals surface area contributed by atoms with Gasteiger partial charge in [0.05, 0.1) is 6.61 Å². The summed E-state index contributed by atoms with van der Waals surface area (Å²) in [6, 6.07) is 0. The predicted octanol–water partition coefficient (Wildman–Crippen LogP) is -0.480. The topological polar surface area (TPSA) is 106 Å².